The maximum absolute atomic E-state index is 15.1. The number of fused-ring (bicyclic) bond motifs is 1. The summed E-state index contributed by atoms with van der Waals surface area (Å²) >= 11 is 3.54. The van der Waals surface area contributed by atoms with Gasteiger partial charge in [0.05, 0.1) is 20.2 Å². The molecule has 5 aromatic rings. The number of benzene rings is 3. The predicted molar refractivity (Wildman–Crippen MR) is 140 cm³/mol. The van der Waals surface area contributed by atoms with E-state index in [-0.39, 0.29) is 18.7 Å². The summed E-state index contributed by atoms with van der Waals surface area (Å²) in [5.74, 6) is -0.878. The van der Waals surface area contributed by atoms with Gasteiger partial charge in [-0.3, -0.25) is 0 Å². The summed E-state index contributed by atoms with van der Waals surface area (Å²) in [6, 6.07) is 16.5. The summed E-state index contributed by atoms with van der Waals surface area (Å²) in [7, 11) is 1.59. The largest absolute Gasteiger partial charge is 0.497 e. The molecular formula is C27H24BrF2N5O2. The third kappa shape index (κ3) is 5.35. The van der Waals surface area contributed by atoms with Crippen LogP contribution in [0.15, 0.2) is 84.0 Å². The fraction of sp³-hybridized carbons (Fsp3) is 0.185. The van der Waals surface area contributed by atoms with Gasteiger partial charge in [0.1, 0.15) is 35.6 Å². The number of anilines is 1. The van der Waals surface area contributed by atoms with Crippen molar-refractivity contribution in [3.8, 4) is 5.75 Å². The molecule has 0 aliphatic carbocycles. The Morgan fingerprint density at radius 1 is 1.11 bits per heavy atom. The van der Waals surface area contributed by atoms with Gasteiger partial charge in [-0.25, -0.2) is 18.4 Å². The number of aliphatic hydroxyl groups is 1. The minimum absolute atomic E-state index is 0.0254. The first-order chi connectivity index (χ1) is 17.8. The number of hydrogen-bond acceptors (Lipinski definition) is 5. The molecule has 3 aromatic carbocycles. The molecule has 1 atom stereocenters. The van der Waals surface area contributed by atoms with Crippen molar-refractivity contribution in [1.29, 1.82) is 0 Å². The van der Waals surface area contributed by atoms with Gasteiger partial charge in [0, 0.05) is 45.4 Å². The Balaban J connectivity index is 1.58. The van der Waals surface area contributed by atoms with Crippen LogP contribution in [0.2, 0.25) is 0 Å². The normalized spacial score (nSPS) is 13.0. The van der Waals surface area contributed by atoms with Crippen molar-refractivity contribution in [2.24, 2.45) is 0 Å². The number of halogens is 3. The molecule has 0 saturated heterocycles. The lowest BCUT2D eigenvalue weighted by Gasteiger charge is -2.36. The molecule has 0 saturated carbocycles. The Morgan fingerprint density at radius 3 is 2.62 bits per heavy atom. The molecule has 1 unspecified atom stereocenters. The zero-order valence-corrected chi connectivity index (χ0v) is 21.5. The second-order valence-electron chi connectivity index (χ2n) is 8.81. The zero-order valence-electron chi connectivity index (χ0n) is 19.9. The standard InChI is InChI=1S/C27H24BrF2N5O2/c1-37-22-6-4-21(5-7-22)34(13-18-12-32-26-9-2-19(28)10-23(18)26)14-27(36,15-35-17-31-16-33-35)24-8-3-20(29)11-25(24)30/h2-12,16-17,32,36H,13-15H2,1H3. The van der Waals surface area contributed by atoms with E-state index in [4.69, 9.17) is 4.74 Å². The molecule has 10 heteroatoms. The van der Waals surface area contributed by atoms with Gasteiger partial charge in [-0.15, -0.1) is 0 Å². The van der Waals surface area contributed by atoms with Gasteiger partial charge >= 0.3 is 0 Å². The van der Waals surface area contributed by atoms with Crippen molar-refractivity contribution in [2.75, 3.05) is 18.6 Å². The van der Waals surface area contributed by atoms with Crippen molar-refractivity contribution in [2.45, 2.75) is 18.7 Å². The number of methoxy groups -OCH3 is 1. The van der Waals surface area contributed by atoms with E-state index >= 15 is 4.39 Å². The third-order valence-electron chi connectivity index (χ3n) is 6.30. The quantitative estimate of drug-likeness (QED) is 0.249. The van der Waals surface area contributed by atoms with Crippen LogP contribution in [0.3, 0.4) is 0 Å². The summed E-state index contributed by atoms with van der Waals surface area (Å²) in [5, 5.41) is 17.1. The molecule has 0 bridgehead atoms. The van der Waals surface area contributed by atoms with Crippen LogP contribution >= 0.6 is 15.9 Å². The number of aromatic amines is 1. The van der Waals surface area contributed by atoms with Crippen molar-refractivity contribution in [1.82, 2.24) is 19.7 Å². The molecule has 2 aromatic heterocycles. The Hall–Kier alpha value is -3.76. The molecule has 0 spiro atoms. The number of nitrogens with zero attached hydrogens (tertiary/aromatic N) is 4. The van der Waals surface area contributed by atoms with Crippen LogP contribution in [-0.4, -0.2) is 38.5 Å². The lowest BCUT2D eigenvalue weighted by molar-refractivity contribution is 0.0182. The number of rotatable bonds is 9. The van der Waals surface area contributed by atoms with Gasteiger partial charge in [-0.1, -0.05) is 22.0 Å². The molecule has 37 heavy (non-hydrogen) atoms. The van der Waals surface area contributed by atoms with E-state index in [1.165, 1.54) is 23.4 Å². The van der Waals surface area contributed by atoms with Gasteiger partial charge in [-0.05, 0) is 54.1 Å². The lowest BCUT2D eigenvalue weighted by Crippen LogP contribution is -2.44. The van der Waals surface area contributed by atoms with E-state index in [1.807, 2.05) is 53.6 Å². The summed E-state index contributed by atoms with van der Waals surface area (Å²) in [5.41, 5.74) is 0.914. The van der Waals surface area contributed by atoms with Gasteiger partial charge in [-0.2, -0.15) is 5.10 Å². The van der Waals surface area contributed by atoms with E-state index in [0.29, 0.717) is 12.3 Å². The third-order valence-corrected chi connectivity index (χ3v) is 6.80. The van der Waals surface area contributed by atoms with Crippen LogP contribution in [-0.2, 0) is 18.7 Å². The number of ether oxygens (including phenoxy) is 1. The summed E-state index contributed by atoms with van der Waals surface area (Å²) in [6.07, 6.45) is 4.70. The maximum atomic E-state index is 15.1. The molecule has 0 aliphatic heterocycles. The van der Waals surface area contributed by atoms with E-state index in [1.54, 1.807) is 7.11 Å². The second kappa shape index (κ2) is 10.3. The van der Waals surface area contributed by atoms with Crippen LogP contribution < -0.4 is 9.64 Å². The molecule has 0 fully saturated rings. The Bertz CT molecular complexity index is 1510. The van der Waals surface area contributed by atoms with Crippen molar-refractivity contribution >= 4 is 32.5 Å². The van der Waals surface area contributed by atoms with Crippen LogP contribution in [0.5, 0.6) is 5.75 Å². The first kappa shape index (κ1) is 24.9. The van der Waals surface area contributed by atoms with Gasteiger partial charge in [0.15, 0.2) is 0 Å². The highest BCUT2D eigenvalue weighted by Gasteiger charge is 2.36. The average Bonchev–Trinajstić information content (AvgIpc) is 3.53. The van der Waals surface area contributed by atoms with E-state index in [0.717, 1.165) is 38.8 Å². The number of H-pyrrole nitrogens is 1. The molecule has 0 radical (unpaired) electrons. The highest BCUT2D eigenvalue weighted by Crippen LogP contribution is 2.32. The van der Waals surface area contributed by atoms with Crippen molar-refractivity contribution < 1.29 is 18.6 Å². The van der Waals surface area contributed by atoms with Gasteiger partial charge in [0.2, 0.25) is 0 Å². The Kier molecular flexibility index (Phi) is 6.94. The predicted octanol–water partition coefficient (Wildman–Crippen LogP) is 5.40. The van der Waals surface area contributed by atoms with Crippen LogP contribution in [0.25, 0.3) is 10.9 Å². The SMILES string of the molecule is COc1ccc(N(Cc2c[nH]c3ccc(Br)cc23)CC(O)(Cn2cncn2)c2ccc(F)cc2F)cc1. The van der Waals surface area contributed by atoms with E-state index in [9.17, 15) is 9.50 Å². The first-order valence-corrected chi connectivity index (χ1v) is 12.3. The number of nitrogens with one attached hydrogen (secondary N) is 1. The fourth-order valence-corrected chi connectivity index (χ4v) is 4.87. The van der Waals surface area contributed by atoms with Crippen LogP contribution in [0.1, 0.15) is 11.1 Å². The highest BCUT2D eigenvalue weighted by atomic mass is 79.9. The number of aromatic nitrogens is 4. The minimum atomic E-state index is -1.78. The monoisotopic (exact) mass is 567 g/mol. The van der Waals surface area contributed by atoms with E-state index in [2.05, 4.69) is 31.0 Å². The van der Waals surface area contributed by atoms with Crippen LogP contribution in [0.4, 0.5) is 14.5 Å². The fourth-order valence-electron chi connectivity index (χ4n) is 4.50. The summed E-state index contributed by atoms with van der Waals surface area (Å²) in [4.78, 5) is 9.18. The molecule has 2 N–H and O–H groups in total. The highest BCUT2D eigenvalue weighted by molar-refractivity contribution is 9.10. The molecule has 5 rings (SSSR count). The van der Waals surface area contributed by atoms with Gasteiger partial charge in [0.25, 0.3) is 0 Å². The second-order valence-corrected chi connectivity index (χ2v) is 9.72. The Labute approximate surface area is 220 Å². The maximum Gasteiger partial charge on any atom is 0.137 e. The lowest BCUT2D eigenvalue weighted by atomic mass is 9.91. The molecule has 0 aliphatic rings. The molecule has 190 valence electrons. The molecule has 0 amide bonds. The first-order valence-electron chi connectivity index (χ1n) is 11.5. The smallest absolute Gasteiger partial charge is 0.137 e. The topological polar surface area (TPSA) is 79.2 Å². The molecule has 2 heterocycles. The van der Waals surface area contributed by atoms with E-state index < -0.39 is 17.2 Å². The molecular weight excluding hydrogens is 544 g/mol. The minimum Gasteiger partial charge on any atom is -0.497 e. The zero-order chi connectivity index (χ0) is 26.0. The summed E-state index contributed by atoms with van der Waals surface area (Å²) < 4.78 is 36.5. The van der Waals surface area contributed by atoms with Crippen LogP contribution in [0, 0.1) is 11.6 Å². The average molecular weight is 568 g/mol. The summed E-state index contributed by atoms with van der Waals surface area (Å²) in [6.45, 7) is 0.273. The molecule has 7 nitrogen and oxygen atoms in total. The van der Waals surface area contributed by atoms with Gasteiger partial charge < -0.3 is 19.7 Å². The Morgan fingerprint density at radius 2 is 1.92 bits per heavy atom. The van der Waals surface area contributed by atoms with Crippen molar-refractivity contribution in [3.63, 3.8) is 0 Å². The van der Waals surface area contributed by atoms with Crippen molar-refractivity contribution in [3.05, 3.63) is 107 Å². The number of hydrogen-bond donors (Lipinski definition) is 2.